The van der Waals surface area contributed by atoms with Crippen LogP contribution in [0, 0.1) is 0 Å². The Kier molecular flexibility index (Phi) is 3.94. The van der Waals surface area contributed by atoms with Crippen LogP contribution in [0.15, 0.2) is 59.8 Å². The number of nitrogens with zero attached hydrogens (tertiary/aromatic N) is 2. The van der Waals surface area contributed by atoms with Crippen molar-refractivity contribution in [1.82, 2.24) is 9.99 Å². The third-order valence-electron chi connectivity index (χ3n) is 3.37. The number of aryl methyl sites for hydroxylation is 1. The van der Waals surface area contributed by atoms with E-state index in [4.69, 9.17) is 11.6 Å². The van der Waals surface area contributed by atoms with Crippen LogP contribution < -0.4 is 5.43 Å². The number of nitrogens with one attached hydrogen (secondary N) is 1. The summed E-state index contributed by atoms with van der Waals surface area (Å²) in [4.78, 5) is 12.3. The first-order valence-corrected chi connectivity index (χ1v) is 7.16. The molecule has 3 rings (SSSR count). The molecule has 0 aliphatic heterocycles. The lowest BCUT2D eigenvalue weighted by Crippen LogP contribution is -2.17. The quantitative estimate of drug-likeness (QED) is 0.583. The Morgan fingerprint density at radius 1 is 1.23 bits per heavy atom. The Labute approximate surface area is 133 Å². The van der Waals surface area contributed by atoms with Crippen LogP contribution in [0.5, 0.6) is 0 Å². The summed E-state index contributed by atoms with van der Waals surface area (Å²) >= 11 is 5.90. The maximum absolute atomic E-state index is 12.3. The highest BCUT2D eigenvalue weighted by Crippen LogP contribution is 2.20. The molecule has 3 aromatic rings. The number of fused-ring (bicyclic) bond motifs is 1. The minimum absolute atomic E-state index is 0.241. The fourth-order valence-electron chi connectivity index (χ4n) is 2.34. The molecule has 0 aliphatic carbocycles. The molecule has 0 fully saturated rings. The van der Waals surface area contributed by atoms with E-state index < -0.39 is 0 Å². The van der Waals surface area contributed by atoms with Crippen LogP contribution in [0.1, 0.15) is 15.9 Å². The van der Waals surface area contributed by atoms with Gasteiger partial charge in [-0.15, -0.1) is 0 Å². The van der Waals surface area contributed by atoms with Crippen LogP contribution in [0.2, 0.25) is 5.02 Å². The van der Waals surface area contributed by atoms with Crippen LogP contribution in [0.4, 0.5) is 0 Å². The summed E-state index contributed by atoms with van der Waals surface area (Å²) in [5.41, 5.74) is 4.98. The van der Waals surface area contributed by atoms with Gasteiger partial charge in [-0.3, -0.25) is 4.79 Å². The SMILES string of the molecule is Cn1cc(C(=O)N/N=C/c2cccc(Cl)c2)c2ccccc21. The minimum atomic E-state index is -0.241. The molecule has 4 nitrogen and oxygen atoms in total. The number of rotatable bonds is 3. The number of benzene rings is 2. The van der Waals surface area contributed by atoms with Crippen molar-refractivity contribution in [2.45, 2.75) is 0 Å². The molecule has 1 aromatic heterocycles. The lowest BCUT2D eigenvalue weighted by Gasteiger charge is -1.98. The Bertz CT molecular complexity index is 867. The van der Waals surface area contributed by atoms with Crippen molar-refractivity contribution >= 4 is 34.6 Å². The van der Waals surface area contributed by atoms with E-state index >= 15 is 0 Å². The number of para-hydroxylation sites is 1. The maximum atomic E-state index is 12.3. The van der Waals surface area contributed by atoms with Crippen LogP contribution in [-0.4, -0.2) is 16.7 Å². The Morgan fingerprint density at radius 2 is 2.05 bits per heavy atom. The van der Waals surface area contributed by atoms with Crippen molar-refractivity contribution in [3.05, 3.63) is 70.9 Å². The lowest BCUT2D eigenvalue weighted by atomic mass is 10.2. The largest absolute Gasteiger partial charge is 0.350 e. The molecule has 0 aliphatic rings. The predicted molar refractivity (Wildman–Crippen MR) is 89.4 cm³/mol. The number of hydrazone groups is 1. The fraction of sp³-hybridized carbons (Fsp3) is 0.0588. The van der Waals surface area contributed by atoms with Crippen molar-refractivity contribution in [3.63, 3.8) is 0 Å². The van der Waals surface area contributed by atoms with Gasteiger partial charge < -0.3 is 4.57 Å². The van der Waals surface area contributed by atoms with E-state index in [1.807, 2.05) is 48.0 Å². The monoisotopic (exact) mass is 311 g/mol. The molecule has 0 bridgehead atoms. The van der Waals surface area contributed by atoms with Gasteiger partial charge in [-0.05, 0) is 23.8 Å². The number of halogens is 1. The van der Waals surface area contributed by atoms with Gasteiger partial charge in [0.15, 0.2) is 0 Å². The van der Waals surface area contributed by atoms with E-state index in [0.29, 0.717) is 10.6 Å². The van der Waals surface area contributed by atoms with E-state index in [1.54, 1.807) is 24.5 Å². The van der Waals surface area contributed by atoms with E-state index in [1.165, 1.54) is 0 Å². The summed E-state index contributed by atoms with van der Waals surface area (Å²) in [6.07, 6.45) is 3.36. The Morgan fingerprint density at radius 3 is 2.86 bits per heavy atom. The molecule has 0 atom stereocenters. The number of amides is 1. The van der Waals surface area contributed by atoms with Crippen molar-refractivity contribution < 1.29 is 4.79 Å². The molecule has 0 spiro atoms. The van der Waals surface area contributed by atoms with Gasteiger partial charge in [0.05, 0.1) is 11.8 Å². The van der Waals surface area contributed by atoms with Gasteiger partial charge in [-0.1, -0.05) is 41.9 Å². The van der Waals surface area contributed by atoms with Crippen molar-refractivity contribution in [1.29, 1.82) is 0 Å². The summed E-state index contributed by atoms with van der Waals surface area (Å²) in [7, 11) is 1.91. The third kappa shape index (κ3) is 2.87. The van der Waals surface area contributed by atoms with Crippen LogP contribution >= 0.6 is 11.6 Å². The third-order valence-corrected chi connectivity index (χ3v) is 3.61. The standard InChI is InChI=1S/C17H14ClN3O/c1-21-11-15(14-7-2-3-8-16(14)21)17(22)20-19-10-12-5-4-6-13(18)9-12/h2-11H,1H3,(H,20,22)/b19-10+. The molecule has 1 heterocycles. The highest BCUT2D eigenvalue weighted by atomic mass is 35.5. The van der Waals surface area contributed by atoms with Gasteiger partial charge in [-0.2, -0.15) is 5.10 Å². The molecule has 22 heavy (non-hydrogen) atoms. The summed E-state index contributed by atoms with van der Waals surface area (Å²) < 4.78 is 1.92. The second-order valence-corrected chi connectivity index (χ2v) is 5.36. The molecule has 0 saturated heterocycles. The van der Waals surface area contributed by atoms with Crippen molar-refractivity contribution in [2.75, 3.05) is 0 Å². The van der Waals surface area contributed by atoms with Crippen LogP contribution in [0.25, 0.3) is 10.9 Å². The van der Waals surface area contributed by atoms with Crippen LogP contribution in [-0.2, 0) is 7.05 Å². The molecule has 1 amide bonds. The van der Waals surface area contributed by atoms with Gasteiger partial charge in [-0.25, -0.2) is 5.43 Å². The van der Waals surface area contributed by atoms with E-state index in [-0.39, 0.29) is 5.91 Å². The molecule has 0 unspecified atom stereocenters. The summed E-state index contributed by atoms with van der Waals surface area (Å²) in [5.74, 6) is -0.241. The molecule has 5 heteroatoms. The summed E-state index contributed by atoms with van der Waals surface area (Å²) in [5, 5.41) is 5.51. The van der Waals surface area contributed by atoms with Crippen molar-refractivity contribution in [3.8, 4) is 0 Å². The highest BCUT2D eigenvalue weighted by Gasteiger charge is 2.12. The minimum Gasteiger partial charge on any atom is -0.350 e. The average Bonchev–Trinajstić information content (AvgIpc) is 2.85. The second kappa shape index (κ2) is 6.03. The van der Waals surface area contributed by atoms with Crippen molar-refractivity contribution in [2.24, 2.45) is 12.1 Å². The first kappa shape index (κ1) is 14.4. The molecule has 0 saturated carbocycles. The molecule has 0 radical (unpaired) electrons. The second-order valence-electron chi connectivity index (χ2n) is 4.92. The average molecular weight is 312 g/mol. The van der Waals surface area contributed by atoms with Gasteiger partial charge >= 0.3 is 0 Å². The smallest absolute Gasteiger partial charge is 0.273 e. The molecule has 1 N–H and O–H groups in total. The Balaban J connectivity index is 1.79. The number of hydrogen-bond donors (Lipinski definition) is 1. The van der Waals surface area contributed by atoms with Gasteiger partial charge in [0.1, 0.15) is 0 Å². The summed E-state index contributed by atoms with van der Waals surface area (Å²) in [6, 6.07) is 15.0. The van der Waals surface area contributed by atoms with Gasteiger partial charge in [0.2, 0.25) is 0 Å². The fourth-order valence-corrected chi connectivity index (χ4v) is 2.53. The molecule has 2 aromatic carbocycles. The highest BCUT2D eigenvalue weighted by molar-refractivity contribution is 6.30. The zero-order chi connectivity index (χ0) is 15.5. The zero-order valence-corrected chi connectivity index (χ0v) is 12.7. The summed E-state index contributed by atoms with van der Waals surface area (Å²) in [6.45, 7) is 0. The Hall–Kier alpha value is -2.59. The number of carbonyl (C=O) groups excluding carboxylic acids is 1. The van der Waals surface area contributed by atoms with E-state index in [0.717, 1.165) is 16.5 Å². The van der Waals surface area contributed by atoms with Crippen LogP contribution in [0.3, 0.4) is 0 Å². The van der Waals surface area contributed by atoms with Gasteiger partial charge in [0.25, 0.3) is 5.91 Å². The topological polar surface area (TPSA) is 46.4 Å². The normalized spacial score (nSPS) is 11.2. The van der Waals surface area contributed by atoms with E-state index in [2.05, 4.69) is 10.5 Å². The lowest BCUT2D eigenvalue weighted by molar-refractivity contribution is 0.0956. The number of aromatic nitrogens is 1. The number of carbonyl (C=O) groups is 1. The van der Waals surface area contributed by atoms with Gasteiger partial charge in [0, 0.05) is 29.2 Å². The molecular formula is C17H14ClN3O. The van der Waals surface area contributed by atoms with E-state index in [9.17, 15) is 4.79 Å². The first-order chi connectivity index (χ1) is 10.6. The first-order valence-electron chi connectivity index (χ1n) is 6.78. The predicted octanol–water partition coefficient (Wildman–Crippen LogP) is 3.60. The maximum Gasteiger partial charge on any atom is 0.273 e. The molecule has 110 valence electrons. The number of hydrogen-bond acceptors (Lipinski definition) is 2. The zero-order valence-electron chi connectivity index (χ0n) is 12.0. The molecular weight excluding hydrogens is 298 g/mol.